The molecule has 0 saturated heterocycles. The molecule has 6 nitrogen and oxygen atoms in total. The molecule has 4 rings (SSSR count). The Hall–Kier alpha value is -3.48. The van der Waals surface area contributed by atoms with E-state index in [0.29, 0.717) is 39.4 Å². The Morgan fingerprint density at radius 3 is 2.09 bits per heavy atom. The maximum Gasteiger partial charge on any atom is 0.266 e. The lowest BCUT2D eigenvalue weighted by Crippen LogP contribution is -2.29. The number of benzene rings is 3. The van der Waals surface area contributed by atoms with Crippen LogP contribution in [0.5, 0.6) is 5.75 Å². The number of anilines is 1. The van der Waals surface area contributed by atoms with Crippen LogP contribution in [0.1, 0.15) is 50.0 Å². The van der Waals surface area contributed by atoms with Gasteiger partial charge in [-0.05, 0) is 48.5 Å². The molecule has 0 aliphatic carbocycles. The van der Waals surface area contributed by atoms with Crippen molar-refractivity contribution in [2.75, 3.05) is 11.9 Å². The summed E-state index contributed by atoms with van der Waals surface area (Å²) in [6.45, 7) is 1.79. The summed E-state index contributed by atoms with van der Waals surface area (Å²) in [5.74, 6) is -0.620. The summed E-state index contributed by atoms with van der Waals surface area (Å²) in [6, 6.07) is 16.4. The highest BCUT2D eigenvalue weighted by atomic mass is 35.5. The molecule has 1 aliphatic rings. The van der Waals surface area contributed by atoms with E-state index in [9.17, 15) is 19.5 Å². The topological polar surface area (TPSA) is 87.0 Å². The number of ketones is 1. The SMILES string of the molecule is CCC(=O)c1ccc(N2C(=O)c3ccccc3C2=O)cc1.CN=Cc1cc(Cl)cc(Cl)c1O. The molecule has 0 fully saturated rings. The minimum absolute atomic E-state index is 0.00617. The molecule has 0 spiro atoms. The first-order valence-electron chi connectivity index (χ1n) is 9.99. The number of rotatable bonds is 4. The molecule has 1 N–H and O–H groups in total. The smallest absolute Gasteiger partial charge is 0.266 e. The van der Waals surface area contributed by atoms with Crippen molar-refractivity contribution in [3.05, 3.63) is 93.0 Å². The van der Waals surface area contributed by atoms with Gasteiger partial charge in [-0.1, -0.05) is 42.3 Å². The molecular weight excluding hydrogens is 463 g/mol. The van der Waals surface area contributed by atoms with Crippen LogP contribution in [0.3, 0.4) is 0 Å². The molecule has 0 saturated carbocycles. The van der Waals surface area contributed by atoms with Gasteiger partial charge in [-0.15, -0.1) is 0 Å². The van der Waals surface area contributed by atoms with Crippen molar-refractivity contribution in [1.82, 2.24) is 0 Å². The van der Waals surface area contributed by atoms with E-state index in [2.05, 4.69) is 4.99 Å². The number of amides is 2. The van der Waals surface area contributed by atoms with Crippen LogP contribution in [0.25, 0.3) is 0 Å². The Morgan fingerprint density at radius 2 is 1.58 bits per heavy atom. The largest absolute Gasteiger partial charge is 0.506 e. The van der Waals surface area contributed by atoms with Gasteiger partial charge in [0.25, 0.3) is 11.8 Å². The first kappa shape index (κ1) is 24.2. The van der Waals surface area contributed by atoms with Crippen molar-refractivity contribution in [1.29, 1.82) is 0 Å². The van der Waals surface area contributed by atoms with Gasteiger partial charge >= 0.3 is 0 Å². The Labute approximate surface area is 201 Å². The fourth-order valence-corrected chi connectivity index (χ4v) is 3.76. The monoisotopic (exact) mass is 482 g/mol. The summed E-state index contributed by atoms with van der Waals surface area (Å²) in [5, 5.41) is 10.1. The molecule has 0 atom stereocenters. The molecular formula is C25H20Cl2N2O4. The van der Waals surface area contributed by atoms with Crippen LogP contribution in [0.4, 0.5) is 5.69 Å². The van der Waals surface area contributed by atoms with Gasteiger partial charge in [0.05, 0.1) is 21.8 Å². The Bertz CT molecular complexity index is 1220. The summed E-state index contributed by atoms with van der Waals surface area (Å²) >= 11 is 11.4. The van der Waals surface area contributed by atoms with Gasteiger partial charge in [0.2, 0.25) is 0 Å². The minimum Gasteiger partial charge on any atom is -0.506 e. The highest BCUT2D eigenvalue weighted by molar-refractivity contribution is 6.36. The predicted molar refractivity (Wildman–Crippen MR) is 130 cm³/mol. The third kappa shape index (κ3) is 5.13. The maximum absolute atomic E-state index is 12.3. The zero-order valence-corrected chi connectivity index (χ0v) is 19.4. The lowest BCUT2D eigenvalue weighted by Gasteiger charge is -2.14. The summed E-state index contributed by atoms with van der Waals surface area (Å²) in [4.78, 5) is 41.1. The van der Waals surface area contributed by atoms with E-state index >= 15 is 0 Å². The Balaban J connectivity index is 0.000000218. The van der Waals surface area contributed by atoms with E-state index in [1.807, 2.05) is 0 Å². The van der Waals surface area contributed by atoms with Crippen LogP contribution in [-0.4, -0.2) is 36.0 Å². The number of phenols is 1. The summed E-state index contributed by atoms with van der Waals surface area (Å²) in [6.07, 6.45) is 1.92. The maximum atomic E-state index is 12.3. The predicted octanol–water partition coefficient (Wildman–Crippen LogP) is 5.83. The standard InChI is InChI=1S/C17H13NO3.C8H7Cl2NO/c1-2-15(19)11-7-9-12(10-8-11)18-16(20)13-5-3-4-6-14(13)17(18)21;1-11-4-5-2-6(9)3-7(10)8(5)12/h3-10H,2H2,1H3;2-4,12H,1H3. The van der Waals surface area contributed by atoms with Gasteiger partial charge in [-0.3, -0.25) is 19.4 Å². The second-order valence-electron chi connectivity index (χ2n) is 7.03. The van der Waals surface area contributed by atoms with E-state index in [-0.39, 0.29) is 28.4 Å². The molecule has 3 aromatic rings. The summed E-state index contributed by atoms with van der Waals surface area (Å²) < 4.78 is 0. The third-order valence-electron chi connectivity index (χ3n) is 4.89. The first-order chi connectivity index (χ1) is 15.8. The number of Topliss-reactive ketones (excluding diaryl/α,β-unsaturated/α-hetero) is 1. The van der Waals surface area contributed by atoms with Gasteiger partial charge in [0.1, 0.15) is 5.75 Å². The van der Waals surface area contributed by atoms with Crippen LogP contribution in [0.2, 0.25) is 10.0 Å². The first-order valence-corrected chi connectivity index (χ1v) is 10.7. The zero-order valence-electron chi connectivity index (χ0n) is 17.9. The van der Waals surface area contributed by atoms with Gasteiger partial charge in [0.15, 0.2) is 5.78 Å². The molecule has 0 radical (unpaired) electrons. The number of aliphatic imine (C=N–C) groups is 1. The summed E-state index contributed by atoms with van der Waals surface area (Å²) in [5.41, 5.74) is 2.41. The molecule has 1 heterocycles. The Morgan fingerprint density at radius 1 is 1.00 bits per heavy atom. The van der Waals surface area contributed by atoms with E-state index in [0.717, 1.165) is 4.90 Å². The van der Waals surface area contributed by atoms with Crippen molar-refractivity contribution in [2.24, 2.45) is 4.99 Å². The molecule has 3 aromatic carbocycles. The highest BCUT2D eigenvalue weighted by Gasteiger charge is 2.36. The van der Waals surface area contributed by atoms with Crippen molar-refractivity contribution in [2.45, 2.75) is 13.3 Å². The molecule has 33 heavy (non-hydrogen) atoms. The number of hydrogen-bond acceptors (Lipinski definition) is 5. The molecule has 2 amide bonds. The second kappa shape index (κ2) is 10.4. The highest BCUT2D eigenvalue weighted by Crippen LogP contribution is 2.30. The fourth-order valence-electron chi connectivity index (χ4n) is 3.25. The number of carbonyl (C=O) groups is 3. The van der Waals surface area contributed by atoms with E-state index < -0.39 is 0 Å². The van der Waals surface area contributed by atoms with Crippen LogP contribution >= 0.6 is 23.2 Å². The Kier molecular flexibility index (Phi) is 7.63. The average Bonchev–Trinajstić information content (AvgIpc) is 3.07. The molecule has 1 aliphatic heterocycles. The van der Waals surface area contributed by atoms with Gasteiger partial charge < -0.3 is 5.11 Å². The van der Waals surface area contributed by atoms with Crippen molar-refractivity contribution < 1.29 is 19.5 Å². The number of nitrogens with zero attached hydrogens (tertiary/aromatic N) is 2. The lowest BCUT2D eigenvalue weighted by molar-refractivity contribution is 0.0924. The number of aromatic hydroxyl groups is 1. The van der Waals surface area contributed by atoms with Gasteiger partial charge in [-0.25, -0.2) is 4.90 Å². The number of carbonyl (C=O) groups excluding carboxylic acids is 3. The van der Waals surface area contributed by atoms with E-state index in [4.69, 9.17) is 23.2 Å². The molecule has 8 heteroatoms. The van der Waals surface area contributed by atoms with E-state index in [1.54, 1.807) is 68.6 Å². The van der Waals surface area contributed by atoms with Crippen LogP contribution in [-0.2, 0) is 0 Å². The van der Waals surface area contributed by atoms with Crippen molar-refractivity contribution in [3.63, 3.8) is 0 Å². The molecule has 0 bridgehead atoms. The number of hydrogen-bond donors (Lipinski definition) is 1. The zero-order chi connectivity index (χ0) is 24.1. The van der Waals surface area contributed by atoms with Crippen LogP contribution in [0.15, 0.2) is 65.7 Å². The molecule has 168 valence electrons. The number of phenolic OH excluding ortho intramolecular Hbond substituents is 1. The number of fused-ring (bicyclic) bond motifs is 1. The second-order valence-corrected chi connectivity index (χ2v) is 7.87. The number of imide groups is 1. The quantitative estimate of drug-likeness (QED) is 0.288. The molecule has 0 unspecified atom stereocenters. The van der Waals surface area contributed by atoms with Crippen molar-refractivity contribution >= 4 is 52.7 Å². The van der Waals surface area contributed by atoms with Crippen LogP contribution < -0.4 is 4.90 Å². The minimum atomic E-state index is -0.329. The lowest BCUT2D eigenvalue weighted by atomic mass is 10.1. The van der Waals surface area contributed by atoms with Crippen LogP contribution in [0, 0.1) is 0 Å². The van der Waals surface area contributed by atoms with Crippen molar-refractivity contribution in [3.8, 4) is 5.75 Å². The molecule has 0 aromatic heterocycles. The third-order valence-corrected chi connectivity index (χ3v) is 5.39. The summed E-state index contributed by atoms with van der Waals surface area (Å²) in [7, 11) is 1.61. The van der Waals surface area contributed by atoms with Gasteiger partial charge in [-0.2, -0.15) is 0 Å². The fraction of sp³-hybridized carbons (Fsp3) is 0.120. The number of halogens is 2. The van der Waals surface area contributed by atoms with E-state index in [1.165, 1.54) is 12.3 Å². The normalized spacial score (nSPS) is 12.5. The van der Waals surface area contributed by atoms with Gasteiger partial charge in [0, 0.05) is 35.8 Å². The average molecular weight is 483 g/mol.